The average Bonchev–Trinajstić information content (AvgIpc) is 0. The molecule has 0 aromatic heterocycles. The fourth-order valence-corrected chi connectivity index (χ4v) is 0. The summed E-state index contributed by atoms with van der Waals surface area (Å²) in [5, 5.41) is 0. The zero-order chi connectivity index (χ0) is 0. The SMILES string of the molecule is [Cl-].[Cl-].[Cl-].[Cl-].[Ni+4]. The van der Waals surface area contributed by atoms with Crippen LogP contribution in [-0.4, -0.2) is 0 Å². The maximum atomic E-state index is 0. The van der Waals surface area contributed by atoms with Crippen LogP contribution < -0.4 is 49.6 Å². The molecule has 38 valence electrons. The Morgan fingerprint density at radius 3 is 0.400 bits per heavy atom. The van der Waals surface area contributed by atoms with Crippen molar-refractivity contribution < 1.29 is 66.1 Å². The third kappa shape index (κ3) is 27.6. The Kier molecular flexibility index (Phi) is 697. The maximum Gasteiger partial charge on any atom is 4.00 e. The van der Waals surface area contributed by atoms with E-state index in [1.807, 2.05) is 0 Å². The van der Waals surface area contributed by atoms with Crippen LogP contribution in [0.4, 0.5) is 0 Å². The van der Waals surface area contributed by atoms with Crippen molar-refractivity contribution in [3.8, 4) is 0 Å². The topological polar surface area (TPSA) is 0 Å². The summed E-state index contributed by atoms with van der Waals surface area (Å²) < 4.78 is 0. The van der Waals surface area contributed by atoms with Crippen LogP contribution >= 0.6 is 0 Å². The van der Waals surface area contributed by atoms with E-state index in [0.717, 1.165) is 0 Å². The molecule has 0 N–H and O–H groups in total. The van der Waals surface area contributed by atoms with E-state index in [1.54, 1.807) is 0 Å². The molecular formula is Cl4Ni. The fraction of sp³-hybridized carbons (Fsp3) is 0. The smallest absolute Gasteiger partial charge is 1.00 e. The van der Waals surface area contributed by atoms with Gasteiger partial charge in [-0.25, -0.2) is 0 Å². The molecule has 0 radical (unpaired) electrons. The minimum absolute atomic E-state index is 0. The van der Waals surface area contributed by atoms with E-state index in [0.29, 0.717) is 0 Å². The quantitative estimate of drug-likeness (QED) is 0.341. The van der Waals surface area contributed by atoms with Crippen molar-refractivity contribution in [2.75, 3.05) is 0 Å². The summed E-state index contributed by atoms with van der Waals surface area (Å²) in [6.45, 7) is 0. The van der Waals surface area contributed by atoms with Crippen molar-refractivity contribution >= 4 is 0 Å². The molecule has 0 rings (SSSR count). The maximum absolute atomic E-state index is 0. The third-order valence-electron chi connectivity index (χ3n) is 0. The summed E-state index contributed by atoms with van der Waals surface area (Å²) >= 11 is 0. The molecule has 5 heteroatoms. The van der Waals surface area contributed by atoms with Gasteiger partial charge in [-0.1, -0.05) is 0 Å². The molecule has 0 nitrogen and oxygen atoms in total. The molecule has 0 unspecified atom stereocenters. The van der Waals surface area contributed by atoms with Gasteiger partial charge in [-0.15, -0.1) is 0 Å². The molecule has 0 bridgehead atoms. The average molecular weight is 201 g/mol. The Labute approximate surface area is 66.0 Å². The number of hydrogen-bond acceptors (Lipinski definition) is 0. The molecule has 5 heavy (non-hydrogen) atoms. The van der Waals surface area contributed by atoms with Crippen molar-refractivity contribution in [1.82, 2.24) is 0 Å². The van der Waals surface area contributed by atoms with Crippen LogP contribution in [0.1, 0.15) is 0 Å². The van der Waals surface area contributed by atoms with Crippen LogP contribution in [0.25, 0.3) is 0 Å². The van der Waals surface area contributed by atoms with Crippen molar-refractivity contribution in [2.45, 2.75) is 0 Å². The fourth-order valence-electron chi connectivity index (χ4n) is 0. The molecule has 0 amide bonds. The molecular weight excluding hydrogens is 201 g/mol. The second-order valence-electron chi connectivity index (χ2n) is 0. The molecule has 0 fully saturated rings. The van der Waals surface area contributed by atoms with Crippen LogP contribution in [0.3, 0.4) is 0 Å². The standard InChI is InChI=1S/4ClH.Ni/h4*1H;/q;;;;+4/p-4. The second kappa shape index (κ2) is 44.8. The minimum Gasteiger partial charge on any atom is -1.00 e. The zero-order valence-corrected chi connectivity index (χ0v) is 5.84. The van der Waals surface area contributed by atoms with E-state index < -0.39 is 0 Å². The monoisotopic (exact) mass is 198 g/mol. The Balaban J connectivity index is 0. The van der Waals surface area contributed by atoms with Gasteiger partial charge in [0.15, 0.2) is 0 Å². The first-order chi connectivity index (χ1) is 0. The molecule has 0 saturated heterocycles. The van der Waals surface area contributed by atoms with E-state index in [4.69, 9.17) is 0 Å². The van der Waals surface area contributed by atoms with Crippen LogP contribution in [-0.2, 0) is 16.5 Å². The molecule has 0 aromatic carbocycles. The first-order valence-corrected chi connectivity index (χ1v) is 0. The largest absolute Gasteiger partial charge is 4.00 e. The molecule has 0 aliphatic carbocycles. The van der Waals surface area contributed by atoms with E-state index in [9.17, 15) is 0 Å². The Bertz CT molecular complexity index is 3.61. The van der Waals surface area contributed by atoms with Gasteiger partial charge in [-0.2, -0.15) is 0 Å². The predicted octanol–water partition coefficient (Wildman–Crippen LogP) is -12.0. The molecule has 0 atom stereocenters. The molecule has 0 aliphatic rings. The Morgan fingerprint density at radius 1 is 0.400 bits per heavy atom. The molecule has 0 aromatic rings. The van der Waals surface area contributed by atoms with E-state index >= 15 is 0 Å². The summed E-state index contributed by atoms with van der Waals surface area (Å²) in [5.41, 5.74) is 0. The summed E-state index contributed by atoms with van der Waals surface area (Å²) in [7, 11) is 0. The van der Waals surface area contributed by atoms with E-state index in [2.05, 4.69) is 0 Å². The minimum atomic E-state index is 0. The van der Waals surface area contributed by atoms with Crippen molar-refractivity contribution in [3.63, 3.8) is 0 Å². The number of hydrogen-bond donors (Lipinski definition) is 0. The molecule has 0 saturated carbocycles. The first kappa shape index (κ1) is 77.8. The van der Waals surface area contributed by atoms with Crippen molar-refractivity contribution in [3.05, 3.63) is 0 Å². The Hall–Kier alpha value is 1.65. The van der Waals surface area contributed by atoms with Crippen LogP contribution in [0.5, 0.6) is 0 Å². The Morgan fingerprint density at radius 2 is 0.400 bits per heavy atom. The van der Waals surface area contributed by atoms with Gasteiger partial charge in [0.2, 0.25) is 0 Å². The summed E-state index contributed by atoms with van der Waals surface area (Å²) in [5.74, 6) is 0. The van der Waals surface area contributed by atoms with E-state index in [-0.39, 0.29) is 66.1 Å². The number of halogens is 4. The van der Waals surface area contributed by atoms with Gasteiger partial charge in [-0.3, -0.25) is 0 Å². The van der Waals surface area contributed by atoms with Crippen molar-refractivity contribution in [2.24, 2.45) is 0 Å². The molecule has 0 heterocycles. The normalized spacial score (nSPS) is 0. The van der Waals surface area contributed by atoms with Gasteiger partial charge >= 0.3 is 16.5 Å². The van der Waals surface area contributed by atoms with Crippen LogP contribution in [0.15, 0.2) is 0 Å². The summed E-state index contributed by atoms with van der Waals surface area (Å²) in [4.78, 5) is 0. The van der Waals surface area contributed by atoms with Gasteiger partial charge < -0.3 is 49.6 Å². The van der Waals surface area contributed by atoms with Gasteiger partial charge in [0.25, 0.3) is 0 Å². The third-order valence-corrected chi connectivity index (χ3v) is 0. The van der Waals surface area contributed by atoms with E-state index in [1.165, 1.54) is 0 Å². The van der Waals surface area contributed by atoms with Gasteiger partial charge in [-0.05, 0) is 0 Å². The second-order valence-corrected chi connectivity index (χ2v) is 0. The van der Waals surface area contributed by atoms with Crippen LogP contribution in [0.2, 0.25) is 0 Å². The van der Waals surface area contributed by atoms with Gasteiger partial charge in [0.05, 0.1) is 0 Å². The van der Waals surface area contributed by atoms with Gasteiger partial charge in [0, 0.05) is 0 Å². The van der Waals surface area contributed by atoms with Crippen LogP contribution in [0, 0.1) is 0 Å². The van der Waals surface area contributed by atoms with Crippen molar-refractivity contribution in [1.29, 1.82) is 0 Å². The van der Waals surface area contributed by atoms with Gasteiger partial charge in [0.1, 0.15) is 0 Å². The molecule has 0 aliphatic heterocycles. The summed E-state index contributed by atoms with van der Waals surface area (Å²) in [6.07, 6.45) is 0. The summed E-state index contributed by atoms with van der Waals surface area (Å²) in [6, 6.07) is 0. The predicted molar refractivity (Wildman–Crippen MR) is 0 cm³/mol. The zero-order valence-electron chi connectivity index (χ0n) is 1.83. The number of rotatable bonds is 0. The first-order valence-electron chi connectivity index (χ1n) is 0. The molecule has 0 spiro atoms.